The average molecular weight is 235 g/mol. The zero-order valence-corrected chi connectivity index (χ0v) is 11.4. The molecule has 0 fully saturated rings. The van der Waals surface area contributed by atoms with Crippen LogP contribution in [-0.2, 0) is 6.54 Å². The SMILES string of the molecule is CCCNCc1ccncc1N(CC)CCC. The Kier molecular flexibility index (Phi) is 6.63. The van der Waals surface area contributed by atoms with Crippen molar-refractivity contribution in [2.24, 2.45) is 0 Å². The van der Waals surface area contributed by atoms with Gasteiger partial charge in [-0.05, 0) is 37.9 Å². The van der Waals surface area contributed by atoms with E-state index >= 15 is 0 Å². The Morgan fingerprint density at radius 2 is 2.06 bits per heavy atom. The summed E-state index contributed by atoms with van der Waals surface area (Å²) in [5, 5.41) is 3.46. The van der Waals surface area contributed by atoms with Crippen molar-refractivity contribution < 1.29 is 0 Å². The van der Waals surface area contributed by atoms with E-state index < -0.39 is 0 Å². The predicted octanol–water partition coefficient (Wildman–Crippen LogP) is 2.82. The molecule has 96 valence electrons. The van der Waals surface area contributed by atoms with Gasteiger partial charge in [0.1, 0.15) is 0 Å². The Morgan fingerprint density at radius 3 is 2.71 bits per heavy atom. The predicted molar refractivity (Wildman–Crippen MR) is 74.4 cm³/mol. The standard InChI is InChI=1S/C14H25N3/c1-4-8-15-11-13-7-9-16-12-14(13)17(6-3)10-5-2/h7,9,12,15H,4-6,8,10-11H2,1-3H3. The molecule has 1 N–H and O–H groups in total. The third kappa shape index (κ3) is 4.35. The molecule has 0 aliphatic heterocycles. The first-order valence-electron chi connectivity index (χ1n) is 6.72. The summed E-state index contributed by atoms with van der Waals surface area (Å²) in [6, 6.07) is 2.12. The van der Waals surface area contributed by atoms with Crippen LogP contribution in [0.25, 0.3) is 0 Å². The maximum absolute atomic E-state index is 4.26. The minimum Gasteiger partial charge on any atom is -0.370 e. The third-order valence-electron chi connectivity index (χ3n) is 2.85. The first kappa shape index (κ1) is 14.0. The highest BCUT2D eigenvalue weighted by Gasteiger charge is 2.08. The molecule has 0 aromatic carbocycles. The monoisotopic (exact) mass is 235 g/mol. The van der Waals surface area contributed by atoms with Crippen LogP contribution in [0.1, 0.15) is 39.2 Å². The summed E-state index contributed by atoms with van der Waals surface area (Å²) in [6.07, 6.45) is 6.21. The molecule has 0 saturated heterocycles. The fraction of sp³-hybridized carbons (Fsp3) is 0.643. The van der Waals surface area contributed by atoms with Crippen molar-refractivity contribution in [1.82, 2.24) is 10.3 Å². The van der Waals surface area contributed by atoms with E-state index in [1.54, 1.807) is 0 Å². The van der Waals surface area contributed by atoms with Gasteiger partial charge in [0, 0.05) is 25.8 Å². The lowest BCUT2D eigenvalue weighted by Crippen LogP contribution is -2.26. The van der Waals surface area contributed by atoms with Gasteiger partial charge in [0.15, 0.2) is 0 Å². The Balaban J connectivity index is 2.74. The summed E-state index contributed by atoms with van der Waals surface area (Å²) >= 11 is 0. The number of rotatable bonds is 8. The van der Waals surface area contributed by atoms with Gasteiger partial charge in [0.2, 0.25) is 0 Å². The minimum atomic E-state index is 0.936. The van der Waals surface area contributed by atoms with Gasteiger partial charge in [0.05, 0.1) is 11.9 Å². The van der Waals surface area contributed by atoms with Crippen LogP contribution in [0.15, 0.2) is 18.5 Å². The number of aromatic nitrogens is 1. The maximum Gasteiger partial charge on any atom is 0.0598 e. The molecule has 1 heterocycles. The molecule has 0 bridgehead atoms. The highest BCUT2D eigenvalue weighted by Crippen LogP contribution is 2.19. The zero-order valence-electron chi connectivity index (χ0n) is 11.4. The smallest absolute Gasteiger partial charge is 0.0598 e. The lowest BCUT2D eigenvalue weighted by molar-refractivity contribution is 0.670. The lowest BCUT2D eigenvalue weighted by Gasteiger charge is -2.24. The largest absolute Gasteiger partial charge is 0.370 e. The van der Waals surface area contributed by atoms with E-state index in [1.807, 2.05) is 12.4 Å². The van der Waals surface area contributed by atoms with Crippen molar-refractivity contribution in [3.8, 4) is 0 Å². The van der Waals surface area contributed by atoms with E-state index in [-0.39, 0.29) is 0 Å². The van der Waals surface area contributed by atoms with Crippen LogP contribution < -0.4 is 10.2 Å². The van der Waals surface area contributed by atoms with E-state index in [1.165, 1.54) is 24.1 Å². The van der Waals surface area contributed by atoms with Gasteiger partial charge in [-0.25, -0.2) is 0 Å². The van der Waals surface area contributed by atoms with Gasteiger partial charge in [-0.15, -0.1) is 0 Å². The lowest BCUT2D eigenvalue weighted by atomic mass is 10.2. The Bertz CT molecular complexity index is 312. The van der Waals surface area contributed by atoms with E-state index in [0.29, 0.717) is 0 Å². The zero-order chi connectivity index (χ0) is 12.5. The van der Waals surface area contributed by atoms with Crippen molar-refractivity contribution in [3.63, 3.8) is 0 Å². The second-order valence-corrected chi connectivity index (χ2v) is 4.26. The quantitative estimate of drug-likeness (QED) is 0.702. The molecule has 1 rings (SSSR count). The fourth-order valence-electron chi connectivity index (χ4n) is 1.97. The first-order chi connectivity index (χ1) is 8.33. The van der Waals surface area contributed by atoms with Gasteiger partial charge in [0.25, 0.3) is 0 Å². The molecule has 1 aromatic rings. The van der Waals surface area contributed by atoms with Gasteiger partial charge < -0.3 is 10.2 Å². The van der Waals surface area contributed by atoms with E-state index in [2.05, 4.69) is 42.0 Å². The molecule has 0 aliphatic rings. The molecular weight excluding hydrogens is 210 g/mol. The van der Waals surface area contributed by atoms with Crippen molar-refractivity contribution >= 4 is 5.69 Å². The molecule has 0 amide bonds. The summed E-state index contributed by atoms with van der Waals surface area (Å²) in [5.74, 6) is 0. The molecule has 0 radical (unpaired) electrons. The Hall–Kier alpha value is -1.09. The molecule has 0 aliphatic carbocycles. The number of hydrogen-bond acceptors (Lipinski definition) is 3. The summed E-state index contributed by atoms with van der Waals surface area (Å²) in [5.41, 5.74) is 2.63. The van der Waals surface area contributed by atoms with Crippen molar-refractivity contribution in [1.29, 1.82) is 0 Å². The third-order valence-corrected chi connectivity index (χ3v) is 2.85. The average Bonchev–Trinajstić information content (AvgIpc) is 2.37. The van der Waals surface area contributed by atoms with Crippen molar-refractivity contribution in [3.05, 3.63) is 24.0 Å². The summed E-state index contributed by atoms with van der Waals surface area (Å²) in [7, 11) is 0. The summed E-state index contributed by atoms with van der Waals surface area (Å²) in [6.45, 7) is 10.8. The second kappa shape index (κ2) is 8.07. The van der Waals surface area contributed by atoms with Gasteiger partial charge >= 0.3 is 0 Å². The molecule has 1 aromatic heterocycles. The number of nitrogens with one attached hydrogen (secondary N) is 1. The Morgan fingerprint density at radius 1 is 1.24 bits per heavy atom. The number of nitrogens with zero attached hydrogens (tertiary/aromatic N) is 2. The van der Waals surface area contributed by atoms with Crippen molar-refractivity contribution in [2.45, 2.75) is 40.2 Å². The maximum atomic E-state index is 4.26. The van der Waals surface area contributed by atoms with Crippen molar-refractivity contribution in [2.75, 3.05) is 24.5 Å². The molecule has 0 atom stereocenters. The molecule has 3 nitrogen and oxygen atoms in total. The second-order valence-electron chi connectivity index (χ2n) is 4.26. The molecular formula is C14H25N3. The normalized spacial score (nSPS) is 10.5. The Labute approximate surface area is 105 Å². The van der Waals surface area contributed by atoms with Gasteiger partial charge in [-0.1, -0.05) is 13.8 Å². The van der Waals surface area contributed by atoms with Crippen LogP contribution in [0.5, 0.6) is 0 Å². The highest BCUT2D eigenvalue weighted by molar-refractivity contribution is 5.51. The van der Waals surface area contributed by atoms with Gasteiger partial charge in [-0.2, -0.15) is 0 Å². The number of anilines is 1. The molecule has 0 saturated carbocycles. The van der Waals surface area contributed by atoms with Crippen LogP contribution in [-0.4, -0.2) is 24.6 Å². The van der Waals surface area contributed by atoms with Crippen LogP contribution in [0, 0.1) is 0 Å². The molecule has 3 heteroatoms. The topological polar surface area (TPSA) is 28.2 Å². The van der Waals surface area contributed by atoms with E-state index in [9.17, 15) is 0 Å². The summed E-state index contributed by atoms with van der Waals surface area (Å²) < 4.78 is 0. The number of hydrogen-bond donors (Lipinski definition) is 1. The highest BCUT2D eigenvalue weighted by atomic mass is 15.1. The van der Waals surface area contributed by atoms with Crippen LogP contribution in [0.3, 0.4) is 0 Å². The minimum absolute atomic E-state index is 0.936. The van der Waals surface area contributed by atoms with Crippen LogP contribution >= 0.6 is 0 Å². The molecule has 0 spiro atoms. The number of pyridine rings is 1. The van der Waals surface area contributed by atoms with E-state index in [4.69, 9.17) is 0 Å². The first-order valence-corrected chi connectivity index (χ1v) is 6.72. The fourth-order valence-corrected chi connectivity index (χ4v) is 1.97. The van der Waals surface area contributed by atoms with Gasteiger partial charge in [-0.3, -0.25) is 4.98 Å². The summed E-state index contributed by atoms with van der Waals surface area (Å²) in [4.78, 5) is 6.65. The molecule has 17 heavy (non-hydrogen) atoms. The molecule has 0 unspecified atom stereocenters. The van der Waals surface area contributed by atoms with E-state index in [0.717, 1.165) is 26.2 Å². The van der Waals surface area contributed by atoms with Crippen LogP contribution in [0.2, 0.25) is 0 Å². The van der Waals surface area contributed by atoms with Crippen LogP contribution in [0.4, 0.5) is 5.69 Å².